The highest BCUT2D eigenvalue weighted by atomic mass is 16.3. The number of anilines is 1. The van der Waals surface area contributed by atoms with Gasteiger partial charge in [0.1, 0.15) is 0 Å². The molecule has 0 aliphatic carbocycles. The molecule has 0 radical (unpaired) electrons. The van der Waals surface area contributed by atoms with Gasteiger partial charge in [-0.2, -0.15) is 0 Å². The molecule has 21 heavy (non-hydrogen) atoms. The Morgan fingerprint density at radius 3 is 2.67 bits per heavy atom. The van der Waals surface area contributed by atoms with Crippen LogP contribution in [0.2, 0.25) is 0 Å². The molecule has 0 aliphatic rings. The summed E-state index contributed by atoms with van der Waals surface area (Å²) in [5, 5.41) is 14.8. The molecule has 0 fully saturated rings. The van der Waals surface area contributed by atoms with Crippen molar-refractivity contribution in [3.8, 4) is 0 Å². The zero-order chi connectivity index (χ0) is 15.7. The van der Waals surface area contributed by atoms with Gasteiger partial charge in [-0.05, 0) is 24.6 Å². The molecule has 5 nitrogen and oxygen atoms in total. The average Bonchev–Trinajstić information content (AvgIpc) is 2.51. The van der Waals surface area contributed by atoms with Crippen LogP contribution in [-0.2, 0) is 4.79 Å². The van der Waals surface area contributed by atoms with Gasteiger partial charge in [0.15, 0.2) is 0 Å². The van der Waals surface area contributed by atoms with Crippen LogP contribution in [0.5, 0.6) is 0 Å². The summed E-state index contributed by atoms with van der Waals surface area (Å²) >= 11 is 0. The van der Waals surface area contributed by atoms with Gasteiger partial charge in [0.2, 0.25) is 5.91 Å². The molecule has 0 spiro atoms. The molecule has 5 heteroatoms. The molecule has 1 aromatic rings. The summed E-state index contributed by atoms with van der Waals surface area (Å²) in [7, 11) is 0. The Balaban J connectivity index is 2.68. The molecule has 0 unspecified atom stereocenters. The molecule has 0 bridgehead atoms. The summed E-state index contributed by atoms with van der Waals surface area (Å²) in [6.07, 6.45) is 3.12. The van der Waals surface area contributed by atoms with Crippen molar-refractivity contribution in [1.82, 2.24) is 5.32 Å². The molecule has 0 heterocycles. The standard InChI is InChI=1S/C16H24N2O3/c1-3-5-8-14(11-19)18-16(21)12-7-6-9-13(10-12)17-15(20)4-2/h6-7,9-10,14,19H,3-5,8,11H2,1-2H3,(H,17,20)(H,18,21)/t14-/m0/s1. The summed E-state index contributed by atoms with van der Waals surface area (Å²) in [6, 6.07) is 6.55. The predicted molar refractivity (Wildman–Crippen MR) is 83.2 cm³/mol. The second-order valence-electron chi connectivity index (χ2n) is 4.98. The zero-order valence-electron chi connectivity index (χ0n) is 12.7. The molecule has 2 amide bonds. The van der Waals surface area contributed by atoms with Crippen LogP contribution in [0.4, 0.5) is 5.69 Å². The quantitative estimate of drug-likeness (QED) is 0.688. The number of benzene rings is 1. The van der Waals surface area contributed by atoms with Crippen molar-refractivity contribution in [2.75, 3.05) is 11.9 Å². The number of aliphatic hydroxyl groups excluding tert-OH is 1. The highest BCUT2D eigenvalue weighted by Gasteiger charge is 2.13. The average molecular weight is 292 g/mol. The fourth-order valence-electron chi connectivity index (χ4n) is 1.92. The molecule has 1 rings (SSSR count). The van der Waals surface area contributed by atoms with E-state index in [2.05, 4.69) is 17.6 Å². The van der Waals surface area contributed by atoms with Crippen LogP contribution in [0.1, 0.15) is 49.9 Å². The Kier molecular flexibility index (Phi) is 7.46. The van der Waals surface area contributed by atoms with Crippen molar-refractivity contribution >= 4 is 17.5 Å². The molecule has 3 N–H and O–H groups in total. The first-order chi connectivity index (χ1) is 10.1. The first kappa shape index (κ1) is 17.2. The first-order valence-corrected chi connectivity index (χ1v) is 7.42. The SMILES string of the molecule is CCCC[C@@H](CO)NC(=O)c1cccc(NC(=O)CC)c1. The predicted octanol–water partition coefficient (Wildman–Crippen LogP) is 2.32. The molecule has 0 aromatic heterocycles. The molecular weight excluding hydrogens is 268 g/mol. The number of carbonyl (C=O) groups is 2. The second kappa shape index (κ2) is 9.13. The van der Waals surface area contributed by atoms with E-state index in [1.165, 1.54) is 0 Å². The molecule has 1 atom stereocenters. The lowest BCUT2D eigenvalue weighted by Gasteiger charge is -2.16. The van der Waals surface area contributed by atoms with E-state index in [1.807, 2.05) is 0 Å². The number of carbonyl (C=O) groups excluding carboxylic acids is 2. The van der Waals surface area contributed by atoms with Gasteiger partial charge in [-0.3, -0.25) is 9.59 Å². The van der Waals surface area contributed by atoms with Crippen molar-refractivity contribution in [2.24, 2.45) is 0 Å². The Morgan fingerprint density at radius 2 is 2.05 bits per heavy atom. The van der Waals surface area contributed by atoms with Crippen LogP contribution in [0.25, 0.3) is 0 Å². The second-order valence-corrected chi connectivity index (χ2v) is 4.98. The third-order valence-corrected chi connectivity index (χ3v) is 3.19. The van der Waals surface area contributed by atoms with Crippen molar-refractivity contribution in [3.63, 3.8) is 0 Å². The summed E-state index contributed by atoms with van der Waals surface area (Å²) < 4.78 is 0. The van der Waals surface area contributed by atoms with E-state index in [-0.39, 0.29) is 24.5 Å². The number of hydrogen-bond donors (Lipinski definition) is 3. The van der Waals surface area contributed by atoms with Gasteiger partial charge in [0.05, 0.1) is 12.6 Å². The number of nitrogens with one attached hydrogen (secondary N) is 2. The molecule has 0 aliphatic heterocycles. The maximum Gasteiger partial charge on any atom is 0.251 e. The largest absolute Gasteiger partial charge is 0.394 e. The van der Waals surface area contributed by atoms with Gasteiger partial charge in [-0.1, -0.05) is 32.8 Å². The summed E-state index contributed by atoms with van der Waals surface area (Å²) in [6.45, 7) is 3.76. The maximum atomic E-state index is 12.1. The van der Waals surface area contributed by atoms with Gasteiger partial charge in [-0.15, -0.1) is 0 Å². The molecule has 116 valence electrons. The van der Waals surface area contributed by atoms with Crippen LogP contribution in [0.3, 0.4) is 0 Å². The van der Waals surface area contributed by atoms with Crippen LogP contribution in [0.15, 0.2) is 24.3 Å². The molecule has 0 saturated carbocycles. The smallest absolute Gasteiger partial charge is 0.251 e. The minimum absolute atomic E-state index is 0.0714. The number of aliphatic hydroxyl groups is 1. The van der Waals surface area contributed by atoms with Crippen molar-refractivity contribution in [1.29, 1.82) is 0 Å². The van der Waals surface area contributed by atoms with Crippen LogP contribution >= 0.6 is 0 Å². The fourth-order valence-corrected chi connectivity index (χ4v) is 1.92. The topological polar surface area (TPSA) is 78.4 Å². The lowest BCUT2D eigenvalue weighted by molar-refractivity contribution is -0.115. The minimum atomic E-state index is -0.238. The monoisotopic (exact) mass is 292 g/mol. The lowest BCUT2D eigenvalue weighted by atomic mass is 10.1. The highest BCUT2D eigenvalue weighted by Crippen LogP contribution is 2.11. The Labute approximate surface area is 125 Å². The van der Waals surface area contributed by atoms with Crippen LogP contribution < -0.4 is 10.6 Å². The number of unbranched alkanes of at least 4 members (excludes halogenated alkanes) is 1. The van der Waals surface area contributed by atoms with E-state index in [1.54, 1.807) is 31.2 Å². The number of hydrogen-bond acceptors (Lipinski definition) is 3. The number of rotatable bonds is 8. The summed E-state index contributed by atoms with van der Waals surface area (Å²) in [4.78, 5) is 23.5. The summed E-state index contributed by atoms with van der Waals surface area (Å²) in [5.74, 6) is -0.332. The first-order valence-electron chi connectivity index (χ1n) is 7.42. The highest BCUT2D eigenvalue weighted by molar-refractivity contribution is 5.97. The Bertz CT molecular complexity index is 474. The molecule has 1 aromatic carbocycles. The van der Waals surface area contributed by atoms with E-state index < -0.39 is 0 Å². The van der Waals surface area contributed by atoms with E-state index in [9.17, 15) is 14.7 Å². The van der Waals surface area contributed by atoms with E-state index >= 15 is 0 Å². The van der Waals surface area contributed by atoms with E-state index in [0.717, 1.165) is 19.3 Å². The maximum absolute atomic E-state index is 12.1. The van der Waals surface area contributed by atoms with Gasteiger partial charge < -0.3 is 15.7 Å². The Hall–Kier alpha value is -1.88. The third-order valence-electron chi connectivity index (χ3n) is 3.19. The van der Waals surface area contributed by atoms with Crippen molar-refractivity contribution < 1.29 is 14.7 Å². The van der Waals surface area contributed by atoms with Crippen molar-refractivity contribution in [3.05, 3.63) is 29.8 Å². The van der Waals surface area contributed by atoms with Crippen molar-refractivity contribution in [2.45, 2.75) is 45.6 Å². The molecule has 0 saturated heterocycles. The minimum Gasteiger partial charge on any atom is -0.394 e. The van der Waals surface area contributed by atoms with Gasteiger partial charge in [0.25, 0.3) is 5.91 Å². The third kappa shape index (κ3) is 5.95. The Morgan fingerprint density at radius 1 is 1.29 bits per heavy atom. The summed E-state index contributed by atoms with van der Waals surface area (Å²) in [5.41, 5.74) is 1.07. The van der Waals surface area contributed by atoms with Gasteiger partial charge >= 0.3 is 0 Å². The van der Waals surface area contributed by atoms with E-state index in [0.29, 0.717) is 17.7 Å². The van der Waals surface area contributed by atoms with Crippen LogP contribution in [0, 0.1) is 0 Å². The lowest BCUT2D eigenvalue weighted by Crippen LogP contribution is -2.37. The fraction of sp³-hybridized carbons (Fsp3) is 0.500. The number of amides is 2. The zero-order valence-corrected chi connectivity index (χ0v) is 12.7. The van der Waals surface area contributed by atoms with E-state index in [4.69, 9.17) is 0 Å². The van der Waals surface area contributed by atoms with Gasteiger partial charge in [0, 0.05) is 17.7 Å². The van der Waals surface area contributed by atoms with Crippen LogP contribution in [-0.4, -0.2) is 29.6 Å². The molecular formula is C16H24N2O3. The normalized spacial score (nSPS) is 11.8. The van der Waals surface area contributed by atoms with Gasteiger partial charge in [-0.25, -0.2) is 0 Å².